The second-order valence-electron chi connectivity index (χ2n) is 11.2. The van der Waals surface area contributed by atoms with Crippen molar-refractivity contribution in [3.05, 3.63) is 78.4 Å². The summed E-state index contributed by atoms with van der Waals surface area (Å²) in [6.07, 6.45) is 5.62. The zero-order valence-corrected chi connectivity index (χ0v) is 21.6. The summed E-state index contributed by atoms with van der Waals surface area (Å²) in [5.41, 5.74) is 4.96. The molecule has 4 unspecified atom stereocenters. The lowest BCUT2D eigenvalue weighted by molar-refractivity contribution is -0.0369. The maximum absolute atomic E-state index is 7.03. The van der Waals surface area contributed by atoms with E-state index in [0.29, 0.717) is 11.6 Å². The van der Waals surface area contributed by atoms with Crippen LogP contribution in [0.1, 0.15) is 44.7 Å². The summed E-state index contributed by atoms with van der Waals surface area (Å²) >= 11 is 1.68. The summed E-state index contributed by atoms with van der Waals surface area (Å²) in [6, 6.07) is 19.4. The van der Waals surface area contributed by atoms with E-state index in [4.69, 9.17) is 9.31 Å². The Bertz CT molecular complexity index is 1430. The minimum absolute atomic E-state index is 0.0379. The molecule has 2 saturated carbocycles. The van der Waals surface area contributed by atoms with Crippen LogP contribution < -0.4 is 5.46 Å². The fraction of sp³-hybridized carbons (Fsp3) is 0.393. The van der Waals surface area contributed by atoms with Crippen LogP contribution in [-0.4, -0.2) is 33.2 Å². The highest BCUT2D eigenvalue weighted by molar-refractivity contribution is 7.98. The minimum atomic E-state index is -0.403. The van der Waals surface area contributed by atoms with Crippen molar-refractivity contribution >= 4 is 35.5 Å². The Balaban J connectivity index is 1.15. The maximum atomic E-state index is 7.03. The van der Waals surface area contributed by atoms with Crippen LogP contribution in [0.2, 0.25) is 0 Å². The number of benzene rings is 2. The van der Waals surface area contributed by atoms with Crippen LogP contribution in [-0.2, 0) is 20.7 Å². The molecule has 0 amide bonds. The molecule has 1 aliphatic heterocycles. The molecule has 1 saturated heterocycles. The number of aromatic amines is 1. The number of nitrogens with zero attached hydrogens (tertiary/aromatic N) is 3. The predicted octanol–water partition coefficient (Wildman–Crippen LogP) is 5.11. The van der Waals surface area contributed by atoms with Crippen molar-refractivity contribution in [2.45, 2.75) is 56.1 Å². The van der Waals surface area contributed by atoms with Gasteiger partial charge in [0, 0.05) is 11.2 Å². The number of hydrogen-bond acceptors (Lipinski definition) is 6. The zero-order chi connectivity index (χ0) is 24.5. The average Bonchev–Trinajstić information content (AvgIpc) is 3.62. The van der Waals surface area contributed by atoms with Gasteiger partial charge in [0.15, 0.2) is 5.65 Å². The van der Waals surface area contributed by atoms with E-state index in [-0.39, 0.29) is 24.1 Å². The van der Waals surface area contributed by atoms with Gasteiger partial charge in [-0.25, -0.2) is 15.0 Å². The SMILES string of the molecule is CC1(C)C2CCC1(C)C1OB(c3ccc(CSc4ncnc5nc[nH]c45)cc3)OC21c1ccccc1. The van der Waals surface area contributed by atoms with Crippen LogP contribution in [0.5, 0.6) is 0 Å². The van der Waals surface area contributed by atoms with Gasteiger partial charge >= 0.3 is 7.12 Å². The van der Waals surface area contributed by atoms with Crippen LogP contribution in [0.4, 0.5) is 0 Å². The van der Waals surface area contributed by atoms with Gasteiger partial charge in [0.25, 0.3) is 0 Å². The second-order valence-corrected chi connectivity index (χ2v) is 12.1. The molecular weight excluding hydrogens is 467 g/mol. The van der Waals surface area contributed by atoms with Crippen molar-refractivity contribution in [3.63, 3.8) is 0 Å². The number of aromatic nitrogens is 4. The molecule has 0 spiro atoms. The standard InChI is InChI=1S/C28H29BN4O2S/c1-26(2)21-13-14-27(26,3)25-28(21,19-7-5-4-6-8-19)35-29(34-25)20-11-9-18(10-12-20)15-36-24-22-23(31-16-30-22)32-17-33-24/h4-12,16-17,21,25H,13-15H2,1-3H3,(H,30,31,32,33). The first-order valence-electron chi connectivity index (χ1n) is 12.7. The van der Waals surface area contributed by atoms with Crippen LogP contribution in [0, 0.1) is 16.7 Å². The van der Waals surface area contributed by atoms with Gasteiger partial charge in [-0.05, 0) is 40.8 Å². The number of nitrogens with one attached hydrogen (secondary N) is 1. The molecular formula is C28H29BN4O2S. The number of hydrogen-bond donors (Lipinski definition) is 1. The summed E-state index contributed by atoms with van der Waals surface area (Å²) in [5.74, 6) is 1.23. The number of imidazole rings is 1. The molecule has 8 heteroatoms. The predicted molar refractivity (Wildman–Crippen MR) is 142 cm³/mol. The lowest BCUT2D eigenvalue weighted by Crippen LogP contribution is -2.45. The van der Waals surface area contributed by atoms with Gasteiger partial charge in [-0.15, -0.1) is 0 Å². The van der Waals surface area contributed by atoms with E-state index in [1.54, 1.807) is 24.4 Å². The summed E-state index contributed by atoms with van der Waals surface area (Å²) in [4.78, 5) is 16.0. The normalized spacial score (nSPS) is 30.2. The maximum Gasteiger partial charge on any atom is 0.494 e. The highest BCUT2D eigenvalue weighted by atomic mass is 32.2. The van der Waals surface area contributed by atoms with Gasteiger partial charge in [0.05, 0.1) is 12.4 Å². The minimum Gasteiger partial charge on any atom is -0.401 e. The van der Waals surface area contributed by atoms with Gasteiger partial charge in [-0.3, -0.25) is 0 Å². The largest absolute Gasteiger partial charge is 0.494 e. The molecule has 4 aromatic rings. The molecule has 36 heavy (non-hydrogen) atoms. The Morgan fingerprint density at radius 3 is 2.64 bits per heavy atom. The van der Waals surface area contributed by atoms with E-state index in [1.165, 1.54) is 24.0 Å². The Morgan fingerprint density at radius 1 is 1.03 bits per heavy atom. The van der Waals surface area contributed by atoms with Crippen LogP contribution in [0.3, 0.4) is 0 Å². The third kappa shape index (κ3) is 2.98. The van der Waals surface area contributed by atoms with Crippen molar-refractivity contribution in [1.82, 2.24) is 19.9 Å². The molecule has 3 heterocycles. The third-order valence-electron chi connectivity index (χ3n) is 9.38. The molecule has 4 atom stereocenters. The van der Waals surface area contributed by atoms with Crippen LogP contribution >= 0.6 is 11.8 Å². The molecule has 1 N–H and O–H groups in total. The topological polar surface area (TPSA) is 72.9 Å². The van der Waals surface area contributed by atoms with E-state index in [0.717, 1.165) is 21.8 Å². The first-order chi connectivity index (χ1) is 17.4. The first-order valence-corrected chi connectivity index (χ1v) is 13.7. The van der Waals surface area contributed by atoms with Gasteiger partial charge in [0.2, 0.25) is 0 Å². The highest BCUT2D eigenvalue weighted by Crippen LogP contribution is 2.75. The first kappa shape index (κ1) is 22.5. The molecule has 7 rings (SSSR count). The van der Waals surface area contributed by atoms with Crippen molar-refractivity contribution in [2.24, 2.45) is 16.7 Å². The molecule has 3 aliphatic rings. The fourth-order valence-electron chi connectivity index (χ4n) is 7.17. The van der Waals surface area contributed by atoms with Crippen molar-refractivity contribution < 1.29 is 9.31 Å². The number of thioether (sulfide) groups is 1. The Labute approximate surface area is 215 Å². The monoisotopic (exact) mass is 496 g/mol. The molecule has 182 valence electrons. The van der Waals surface area contributed by atoms with Gasteiger partial charge < -0.3 is 14.3 Å². The van der Waals surface area contributed by atoms with E-state index < -0.39 is 5.60 Å². The zero-order valence-electron chi connectivity index (χ0n) is 20.8. The molecule has 0 radical (unpaired) electrons. The van der Waals surface area contributed by atoms with Gasteiger partial charge in [0.1, 0.15) is 22.5 Å². The smallest absolute Gasteiger partial charge is 0.401 e. The van der Waals surface area contributed by atoms with Crippen LogP contribution in [0.25, 0.3) is 11.2 Å². The summed E-state index contributed by atoms with van der Waals surface area (Å²) in [7, 11) is -0.362. The average molecular weight is 496 g/mol. The van der Waals surface area contributed by atoms with Crippen LogP contribution in [0.15, 0.2) is 72.3 Å². The lowest BCUT2D eigenvalue weighted by Gasteiger charge is -2.41. The molecule has 2 bridgehead atoms. The van der Waals surface area contributed by atoms with E-state index >= 15 is 0 Å². The van der Waals surface area contributed by atoms with Crippen molar-refractivity contribution in [3.8, 4) is 0 Å². The van der Waals surface area contributed by atoms with Gasteiger partial charge in [-0.1, -0.05) is 87.1 Å². The lowest BCUT2D eigenvalue weighted by atomic mass is 9.69. The van der Waals surface area contributed by atoms with Gasteiger partial charge in [-0.2, -0.15) is 0 Å². The Morgan fingerprint density at radius 2 is 1.83 bits per heavy atom. The number of rotatable bonds is 5. The third-order valence-corrected chi connectivity index (χ3v) is 10.4. The quantitative estimate of drug-likeness (QED) is 0.235. The van der Waals surface area contributed by atoms with E-state index in [2.05, 4.69) is 95.3 Å². The Kier molecular flexibility index (Phi) is 4.95. The van der Waals surface area contributed by atoms with E-state index in [9.17, 15) is 0 Å². The molecule has 6 nitrogen and oxygen atoms in total. The molecule has 2 aromatic carbocycles. The second kappa shape index (κ2) is 7.91. The fourth-order valence-corrected chi connectivity index (χ4v) is 8.08. The highest BCUT2D eigenvalue weighted by Gasteiger charge is 2.77. The number of fused-ring (bicyclic) bond motifs is 6. The summed E-state index contributed by atoms with van der Waals surface area (Å²) < 4.78 is 13.9. The molecule has 2 aromatic heterocycles. The van der Waals surface area contributed by atoms with E-state index in [1.807, 2.05) is 0 Å². The van der Waals surface area contributed by atoms with Crippen molar-refractivity contribution in [1.29, 1.82) is 0 Å². The number of H-pyrrole nitrogens is 1. The Hall–Kier alpha value is -2.68. The molecule has 3 fully saturated rings. The summed E-state index contributed by atoms with van der Waals surface area (Å²) in [6.45, 7) is 7.24. The molecule has 2 aliphatic carbocycles. The van der Waals surface area contributed by atoms with Crippen molar-refractivity contribution in [2.75, 3.05) is 0 Å². The summed E-state index contributed by atoms with van der Waals surface area (Å²) in [5, 5.41) is 0.910.